The number of nitrogens with zero attached hydrogens (tertiary/aromatic N) is 4. The van der Waals surface area contributed by atoms with Crippen molar-refractivity contribution in [3.63, 3.8) is 0 Å². The number of hydrogen-bond donors (Lipinski definition) is 3. The number of piperidine rings is 1. The first-order valence-corrected chi connectivity index (χ1v) is 11.3. The summed E-state index contributed by atoms with van der Waals surface area (Å²) in [6.07, 6.45) is 5.16. The summed E-state index contributed by atoms with van der Waals surface area (Å²) >= 11 is 0. The predicted molar refractivity (Wildman–Crippen MR) is 125 cm³/mol. The summed E-state index contributed by atoms with van der Waals surface area (Å²) in [5, 5.41) is 20.7. The van der Waals surface area contributed by atoms with E-state index in [1.165, 1.54) is 12.1 Å². The van der Waals surface area contributed by atoms with Crippen molar-refractivity contribution in [3.05, 3.63) is 70.3 Å². The average Bonchev–Trinajstić information content (AvgIpc) is 3.33. The summed E-state index contributed by atoms with van der Waals surface area (Å²) in [7, 11) is 0. The molecule has 0 amide bonds. The van der Waals surface area contributed by atoms with E-state index in [-0.39, 0.29) is 23.2 Å². The van der Waals surface area contributed by atoms with Gasteiger partial charge in [0, 0.05) is 36.0 Å². The molecule has 1 aliphatic rings. The zero-order valence-corrected chi connectivity index (χ0v) is 18.7. The quantitative estimate of drug-likeness (QED) is 0.402. The second kappa shape index (κ2) is 8.77. The standard InChI is InChI=1S/C24H26F2N6O2/c1-15(16-3-2-4-17(11-16)24(25,26)14-33)29-23-19-13-31(18-5-8-27-9-6-18)22(34)12-20(19)32-21(30-23)7-10-28-32/h2-4,7,10-13,15,18,27,33H,5-6,8-9,14H2,1H3,(H,29,30)/t15-/m1/s1. The summed E-state index contributed by atoms with van der Waals surface area (Å²) in [5.41, 5.74) is 1.48. The van der Waals surface area contributed by atoms with E-state index in [2.05, 4.69) is 15.7 Å². The molecule has 0 unspecified atom stereocenters. The highest BCUT2D eigenvalue weighted by molar-refractivity contribution is 5.90. The van der Waals surface area contributed by atoms with Gasteiger partial charge in [-0.05, 0) is 44.5 Å². The van der Waals surface area contributed by atoms with Gasteiger partial charge in [0.25, 0.3) is 11.5 Å². The lowest BCUT2D eigenvalue weighted by Crippen LogP contribution is -2.34. The number of rotatable bonds is 6. The molecule has 0 spiro atoms. The molecule has 0 aliphatic carbocycles. The maximum Gasteiger partial charge on any atom is 0.295 e. The number of fused-ring (bicyclic) bond motifs is 3. The van der Waals surface area contributed by atoms with Crippen LogP contribution in [-0.2, 0) is 5.92 Å². The van der Waals surface area contributed by atoms with Crippen molar-refractivity contribution in [3.8, 4) is 0 Å². The number of pyridine rings is 1. The molecule has 0 saturated carbocycles. The number of aliphatic hydroxyl groups is 1. The molecule has 3 N–H and O–H groups in total. The van der Waals surface area contributed by atoms with E-state index in [4.69, 9.17) is 10.1 Å². The predicted octanol–water partition coefficient (Wildman–Crippen LogP) is 3.23. The van der Waals surface area contributed by atoms with E-state index < -0.39 is 12.5 Å². The fourth-order valence-corrected chi connectivity index (χ4v) is 4.53. The normalized spacial score (nSPS) is 16.2. The Morgan fingerprint density at radius 1 is 1.26 bits per heavy atom. The van der Waals surface area contributed by atoms with Gasteiger partial charge >= 0.3 is 0 Å². The Balaban J connectivity index is 1.58. The molecule has 0 bridgehead atoms. The number of anilines is 1. The van der Waals surface area contributed by atoms with Gasteiger partial charge in [0.15, 0.2) is 5.65 Å². The zero-order valence-electron chi connectivity index (χ0n) is 18.7. The molecule has 34 heavy (non-hydrogen) atoms. The Morgan fingerprint density at radius 2 is 2.06 bits per heavy atom. The van der Waals surface area contributed by atoms with Gasteiger partial charge in [-0.3, -0.25) is 4.79 Å². The first-order chi connectivity index (χ1) is 16.4. The summed E-state index contributed by atoms with van der Waals surface area (Å²) < 4.78 is 31.5. The molecule has 1 saturated heterocycles. The van der Waals surface area contributed by atoms with Gasteiger partial charge in [0.05, 0.1) is 17.1 Å². The molecule has 1 atom stereocenters. The first-order valence-electron chi connectivity index (χ1n) is 11.3. The van der Waals surface area contributed by atoms with Crippen LogP contribution in [0.1, 0.15) is 43.0 Å². The van der Waals surface area contributed by atoms with Gasteiger partial charge < -0.3 is 20.3 Å². The molecule has 0 radical (unpaired) electrons. The van der Waals surface area contributed by atoms with E-state index in [0.29, 0.717) is 22.5 Å². The third kappa shape index (κ3) is 4.03. The Kier molecular flexibility index (Phi) is 5.78. The van der Waals surface area contributed by atoms with Crippen molar-refractivity contribution >= 4 is 22.4 Å². The minimum Gasteiger partial charge on any atom is -0.390 e. The van der Waals surface area contributed by atoms with Crippen molar-refractivity contribution in [2.45, 2.75) is 37.8 Å². The minimum atomic E-state index is -3.32. The SMILES string of the molecule is C[C@@H](Nc1nc2ccnn2c2cc(=O)n(C3CCNCC3)cc12)c1cccc(C(F)(F)CO)c1. The zero-order chi connectivity index (χ0) is 23.9. The van der Waals surface area contributed by atoms with E-state index in [1.807, 2.05) is 13.1 Å². The second-order valence-electron chi connectivity index (χ2n) is 8.71. The fourth-order valence-electron chi connectivity index (χ4n) is 4.53. The molecule has 1 fully saturated rings. The summed E-state index contributed by atoms with van der Waals surface area (Å²) in [6.45, 7) is 2.30. The first kappa shape index (κ1) is 22.4. The highest BCUT2D eigenvalue weighted by Gasteiger charge is 2.31. The molecule has 5 rings (SSSR count). The van der Waals surface area contributed by atoms with Crippen molar-refractivity contribution in [2.75, 3.05) is 25.0 Å². The maximum atomic E-state index is 14.0. The van der Waals surface area contributed by atoms with E-state index >= 15 is 0 Å². The van der Waals surface area contributed by atoms with Crippen LogP contribution < -0.4 is 16.2 Å². The number of nitrogens with one attached hydrogen (secondary N) is 2. The molecular formula is C24H26F2N6O2. The third-order valence-corrected chi connectivity index (χ3v) is 6.45. The Morgan fingerprint density at radius 3 is 2.82 bits per heavy atom. The van der Waals surface area contributed by atoms with Gasteiger partial charge in [-0.1, -0.05) is 18.2 Å². The van der Waals surface area contributed by atoms with Gasteiger partial charge in [-0.15, -0.1) is 0 Å². The molecule has 178 valence electrons. The second-order valence-corrected chi connectivity index (χ2v) is 8.71. The Hall–Kier alpha value is -3.37. The molecule has 1 aliphatic heterocycles. The lowest BCUT2D eigenvalue weighted by molar-refractivity contribution is -0.0556. The lowest BCUT2D eigenvalue weighted by Gasteiger charge is -2.25. The van der Waals surface area contributed by atoms with Crippen molar-refractivity contribution in [2.24, 2.45) is 0 Å². The molecule has 8 nitrogen and oxygen atoms in total. The molecule has 1 aromatic carbocycles. The number of alkyl halides is 2. The summed E-state index contributed by atoms with van der Waals surface area (Å²) in [4.78, 5) is 17.7. The largest absolute Gasteiger partial charge is 0.390 e. The van der Waals surface area contributed by atoms with Crippen molar-refractivity contribution in [1.82, 2.24) is 24.5 Å². The van der Waals surface area contributed by atoms with Gasteiger partial charge in [-0.25, -0.2) is 9.50 Å². The molecule has 4 heterocycles. The monoisotopic (exact) mass is 468 g/mol. The smallest absolute Gasteiger partial charge is 0.295 e. The fraction of sp³-hybridized carbons (Fsp3) is 0.375. The topological polar surface area (TPSA) is 96.5 Å². The highest BCUT2D eigenvalue weighted by atomic mass is 19.3. The Bertz CT molecular complexity index is 1390. The molecule has 4 aromatic rings. The van der Waals surface area contributed by atoms with Crippen LogP contribution in [0.25, 0.3) is 16.6 Å². The van der Waals surface area contributed by atoms with Crippen LogP contribution in [0, 0.1) is 0 Å². The number of hydrogen-bond acceptors (Lipinski definition) is 6. The van der Waals surface area contributed by atoms with Crippen LogP contribution in [0.4, 0.5) is 14.6 Å². The third-order valence-electron chi connectivity index (χ3n) is 6.45. The number of aliphatic hydroxyl groups excluding tert-OH is 1. The number of benzene rings is 1. The van der Waals surface area contributed by atoms with Crippen LogP contribution in [0.2, 0.25) is 0 Å². The van der Waals surface area contributed by atoms with Crippen LogP contribution in [0.5, 0.6) is 0 Å². The van der Waals surface area contributed by atoms with E-state index in [9.17, 15) is 13.6 Å². The lowest BCUT2D eigenvalue weighted by atomic mass is 10.0. The highest BCUT2D eigenvalue weighted by Crippen LogP contribution is 2.31. The Labute approximate surface area is 194 Å². The number of aromatic nitrogens is 4. The van der Waals surface area contributed by atoms with Gasteiger partial charge in [0.2, 0.25) is 0 Å². The molecule has 3 aromatic heterocycles. The van der Waals surface area contributed by atoms with Gasteiger partial charge in [-0.2, -0.15) is 13.9 Å². The van der Waals surface area contributed by atoms with Crippen LogP contribution in [-0.4, -0.2) is 44.0 Å². The molecule has 10 heteroatoms. The van der Waals surface area contributed by atoms with Gasteiger partial charge in [0.1, 0.15) is 12.4 Å². The number of halogens is 2. The summed E-state index contributed by atoms with van der Waals surface area (Å²) in [5.74, 6) is -2.78. The van der Waals surface area contributed by atoms with Crippen molar-refractivity contribution in [1.29, 1.82) is 0 Å². The van der Waals surface area contributed by atoms with E-state index in [0.717, 1.165) is 31.3 Å². The maximum absolute atomic E-state index is 14.0. The average molecular weight is 469 g/mol. The minimum absolute atomic E-state index is 0.0918. The van der Waals surface area contributed by atoms with Crippen LogP contribution in [0.15, 0.2) is 53.6 Å². The van der Waals surface area contributed by atoms with Crippen LogP contribution >= 0.6 is 0 Å². The molecular weight excluding hydrogens is 442 g/mol. The van der Waals surface area contributed by atoms with Crippen molar-refractivity contribution < 1.29 is 13.9 Å². The summed E-state index contributed by atoms with van der Waals surface area (Å²) in [6, 6.07) is 9.04. The van der Waals surface area contributed by atoms with E-state index in [1.54, 1.807) is 39.5 Å². The van der Waals surface area contributed by atoms with Crippen LogP contribution in [0.3, 0.4) is 0 Å².